The second-order valence-corrected chi connectivity index (χ2v) is 5.06. The summed E-state index contributed by atoms with van der Waals surface area (Å²) in [4.78, 5) is 11.4. The number of esters is 1. The molecule has 0 saturated carbocycles. The summed E-state index contributed by atoms with van der Waals surface area (Å²) in [6, 6.07) is 0. The van der Waals surface area contributed by atoms with Gasteiger partial charge < -0.3 is 4.74 Å². The summed E-state index contributed by atoms with van der Waals surface area (Å²) in [5, 5.41) is 0. The minimum atomic E-state index is -0.174. The van der Waals surface area contributed by atoms with E-state index in [0.29, 0.717) is 0 Å². The predicted molar refractivity (Wildman–Crippen MR) is 70.9 cm³/mol. The fourth-order valence-corrected chi connectivity index (χ4v) is 2.23. The quantitative estimate of drug-likeness (QED) is 0.585. The Balaban J connectivity index is 2.31. The van der Waals surface area contributed by atoms with E-state index in [0.717, 1.165) is 12.8 Å². The van der Waals surface area contributed by atoms with E-state index >= 15 is 0 Å². The molecule has 0 aliphatic carbocycles. The number of carbonyl (C=O) groups is 1. The van der Waals surface area contributed by atoms with Gasteiger partial charge in [-0.15, -0.1) is 0 Å². The number of ether oxygens (including phenoxy) is 1. The summed E-state index contributed by atoms with van der Waals surface area (Å²) in [6.07, 6.45) is 16.0. The molecule has 0 N–H and O–H groups in total. The van der Waals surface area contributed by atoms with E-state index < -0.39 is 0 Å². The lowest BCUT2D eigenvalue weighted by Gasteiger charge is -2.11. The molecule has 0 spiro atoms. The molecular formula is C15H26O2. The first-order valence-corrected chi connectivity index (χ1v) is 7.16. The van der Waals surface area contributed by atoms with E-state index in [1.807, 2.05) is 13.0 Å². The second-order valence-electron chi connectivity index (χ2n) is 5.06. The van der Waals surface area contributed by atoms with Crippen LogP contribution in [0, 0.1) is 0 Å². The van der Waals surface area contributed by atoms with Gasteiger partial charge in [0.2, 0.25) is 0 Å². The molecule has 98 valence electrons. The highest BCUT2D eigenvalue weighted by Gasteiger charge is 2.06. The zero-order chi connectivity index (χ0) is 12.3. The van der Waals surface area contributed by atoms with E-state index in [1.165, 1.54) is 51.4 Å². The molecule has 1 aliphatic heterocycles. The summed E-state index contributed by atoms with van der Waals surface area (Å²) < 4.78 is 5.30. The Morgan fingerprint density at radius 3 is 2.29 bits per heavy atom. The minimum Gasteiger partial charge on any atom is -0.460 e. The number of rotatable bonds is 0. The van der Waals surface area contributed by atoms with Gasteiger partial charge in [-0.1, -0.05) is 44.6 Å². The topological polar surface area (TPSA) is 26.3 Å². The molecule has 0 aromatic carbocycles. The zero-order valence-electron chi connectivity index (χ0n) is 11.1. The maximum atomic E-state index is 11.4. The van der Waals surface area contributed by atoms with Crippen LogP contribution in [0.3, 0.4) is 0 Å². The average Bonchev–Trinajstić information content (AvgIpc) is 2.30. The first-order chi connectivity index (χ1) is 8.29. The standard InChI is InChI=1S/C15H26O2/c1-14-12-10-8-6-4-2-3-5-7-9-11-13-15(16)17-14/h11,13-14H,2-10,12H2,1H3. The Hall–Kier alpha value is -0.790. The van der Waals surface area contributed by atoms with Crippen molar-refractivity contribution in [1.82, 2.24) is 0 Å². The van der Waals surface area contributed by atoms with E-state index in [9.17, 15) is 4.79 Å². The monoisotopic (exact) mass is 238 g/mol. The fourth-order valence-electron chi connectivity index (χ4n) is 2.23. The van der Waals surface area contributed by atoms with E-state index in [4.69, 9.17) is 4.74 Å². The summed E-state index contributed by atoms with van der Waals surface area (Å²) >= 11 is 0. The third kappa shape index (κ3) is 8.00. The summed E-state index contributed by atoms with van der Waals surface area (Å²) in [5.41, 5.74) is 0. The molecule has 2 nitrogen and oxygen atoms in total. The van der Waals surface area contributed by atoms with Crippen LogP contribution in [0.1, 0.15) is 71.1 Å². The Morgan fingerprint density at radius 2 is 1.59 bits per heavy atom. The summed E-state index contributed by atoms with van der Waals surface area (Å²) in [6.45, 7) is 1.99. The Bertz CT molecular complexity index is 233. The minimum absolute atomic E-state index is 0.0669. The molecule has 1 aliphatic rings. The highest BCUT2D eigenvalue weighted by Crippen LogP contribution is 2.13. The van der Waals surface area contributed by atoms with Gasteiger partial charge in [0.25, 0.3) is 0 Å². The van der Waals surface area contributed by atoms with Crippen LogP contribution in [0.4, 0.5) is 0 Å². The first-order valence-electron chi connectivity index (χ1n) is 7.16. The molecule has 0 fully saturated rings. The molecule has 0 aromatic rings. The number of allylic oxidation sites excluding steroid dienone is 1. The van der Waals surface area contributed by atoms with E-state index in [2.05, 4.69) is 0 Å². The second kappa shape index (κ2) is 9.26. The molecule has 0 aromatic heterocycles. The molecule has 17 heavy (non-hydrogen) atoms. The zero-order valence-corrected chi connectivity index (χ0v) is 11.1. The predicted octanol–water partition coefficient (Wildman–Crippen LogP) is 4.39. The maximum Gasteiger partial charge on any atom is 0.330 e. The number of hydrogen-bond acceptors (Lipinski definition) is 2. The van der Waals surface area contributed by atoms with Crippen LogP contribution in [0.2, 0.25) is 0 Å². The van der Waals surface area contributed by atoms with Gasteiger partial charge >= 0.3 is 5.97 Å². The van der Waals surface area contributed by atoms with Crippen LogP contribution >= 0.6 is 0 Å². The summed E-state index contributed by atoms with van der Waals surface area (Å²) in [7, 11) is 0. The molecule has 1 heterocycles. The Labute approximate surface area is 105 Å². The molecule has 0 radical (unpaired) electrons. The van der Waals surface area contributed by atoms with Crippen molar-refractivity contribution in [2.45, 2.75) is 77.2 Å². The van der Waals surface area contributed by atoms with Gasteiger partial charge in [-0.25, -0.2) is 4.79 Å². The summed E-state index contributed by atoms with van der Waals surface area (Å²) in [5.74, 6) is -0.174. The Morgan fingerprint density at radius 1 is 1.00 bits per heavy atom. The van der Waals surface area contributed by atoms with Gasteiger partial charge in [-0.2, -0.15) is 0 Å². The molecule has 0 amide bonds. The van der Waals surface area contributed by atoms with Crippen molar-refractivity contribution in [3.05, 3.63) is 12.2 Å². The lowest BCUT2D eigenvalue weighted by Crippen LogP contribution is -2.12. The molecule has 1 rings (SSSR count). The third-order valence-electron chi connectivity index (χ3n) is 3.30. The highest BCUT2D eigenvalue weighted by atomic mass is 16.5. The van der Waals surface area contributed by atoms with Crippen molar-refractivity contribution in [3.63, 3.8) is 0 Å². The molecule has 0 bridgehead atoms. The van der Waals surface area contributed by atoms with Crippen LogP contribution < -0.4 is 0 Å². The van der Waals surface area contributed by atoms with Crippen molar-refractivity contribution >= 4 is 5.97 Å². The molecule has 1 unspecified atom stereocenters. The van der Waals surface area contributed by atoms with Gasteiger partial charge in [-0.3, -0.25) is 0 Å². The molecular weight excluding hydrogens is 212 g/mol. The van der Waals surface area contributed by atoms with Crippen molar-refractivity contribution in [2.75, 3.05) is 0 Å². The van der Waals surface area contributed by atoms with Gasteiger partial charge in [0.15, 0.2) is 0 Å². The maximum absolute atomic E-state index is 11.4. The number of cyclic esters (lactones) is 1. The van der Waals surface area contributed by atoms with Crippen LogP contribution in [-0.4, -0.2) is 12.1 Å². The number of carbonyl (C=O) groups excluding carboxylic acids is 1. The molecule has 1 atom stereocenters. The number of hydrogen-bond donors (Lipinski definition) is 0. The van der Waals surface area contributed by atoms with Crippen LogP contribution in [-0.2, 0) is 9.53 Å². The van der Waals surface area contributed by atoms with Crippen LogP contribution in [0.15, 0.2) is 12.2 Å². The lowest BCUT2D eigenvalue weighted by atomic mass is 10.1. The normalized spacial score (nSPS) is 25.7. The molecule has 0 saturated heterocycles. The molecule has 2 heteroatoms. The first kappa shape index (κ1) is 14.3. The van der Waals surface area contributed by atoms with Crippen molar-refractivity contribution < 1.29 is 9.53 Å². The van der Waals surface area contributed by atoms with Gasteiger partial charge in [-0.05, 0) is 32.6 Å². The van der Waals surface area contributed by atoms with Crippen LogP contribution in [0.5, 0.6) is 0 Å². The van der Waals surface area contributed by atoms with E-state index in [1.54, 1.807) is 6.08 Å². The van der Waals surface area contributed by atoms with Gasteiger partial charge in [0, 0.05) is 6.08 Å². The lowest BCUT2D eigenvalue weighted by molar-refractivity contribution is -0.142. The average molecular weight is 238 g/mol. The van der Waals surface area contributed by atoms with Crippen molar-refractivity contribution in [3.8, 4) is 0 Å². The SMILES string of the molecule is CC1CCCCCCCCCCC=CC(=O)O1. The van der Waals surface area contributed by atoms with Crippen LogP contribution in [0.25, 0.3) is 0 Å². The Kier molecular flexibility index (Phi) is 7.78. The van der Waals surface area contributed by atoms with Gasteiger partial charge in [0.05, 0.1) is 6.10 Å². The van der Waals surface area contributed by atoms with Gasteiger partial charge in [0.1, 0.15) is 0 Å². The largest absolute Gasteiger partial charge is 0.460 e. The fraction of sp³-hybridized carbons (Fsp3) is 0.800. The van der Waals surface area contributed by atoms with Crippen molar-refractivity contribution in [1.29, 1.82) is 0 Å². The van der Waals surface area contributed by atoms with Crippen molar-refractivity contribution in [2.24, 2.45) is 0 Å². The highest BCUT2D eigenvalue weighted by molar-refractivity contribution is 5.81. The van der Waals surface area contributed by atoms with E-state index in [-0.39, 0.29) is 12.1 Å². The third-order valence-corrected chi connectivity index (χ3v) is 3.30. The smallest absolute Gasteiger partial charge is 0.330 e.